The maximum atomic E-state index is 12.7. The molecule has 5 heteroatoms. The van der Waals surface area contributed by atoms with E-state index < -0.39 is 0 Å². The summed E-state index contributed by atoms with van der Waals surface area (Å²) in [5.74, 6) is 0.727. The quantitative estimate of drug-likeness (QED) is 0.932. The van der Waals surface area contributed by atoms with Crippen molar-refractivity contribution < 1.29 is 9.59 Å². The lowest BCUT2D eigenvalue weighted by atomic mass is 10.1. The Morgan fingerprint density at radius 3 is 3.00 bits per heavy atom. The van der Waals surface area contributed by atoms with Crippen LogP contribution in [-0.2, 0) is 16.0 Å². The largest absolute Gasteiger partial charge is 0.324 e. The van der Waals surface area contributed by atoms with E-state index in [9.17, 15) is 9.59 Å². The Bertz CT molecular complexity index is 631. The van der Waals surface area contributed by atoms with Crippen LogP contribution in [-0.4, -0.2) is 33.4 Å². The van der Waals surface area contributed by atoms with Gasteiger partial charge in [0.2, 0.25) is 11.8 Å². The summed E-state index contributed by atoms with van der Waals surface area (Å²) in [6, 6.07) is 5.70. The van der Waals surface area contributed by atoms with Gasteiger partial charge in [0.05, 0.1) is 4.87 Å². The van der Waals surface area contributed by atoms with Crippen LogP contribution in [0.15, 0.2) is 18.2 Å². The Balaban J connectivity index is 1.83. The van der Waals surface area contributed by atoms with Crippen LogP contribution in [0.1, 0.15) is 37.8 Å². The van der Waals surface area contributed by atoms with Crippen LogP contribution in [0.5, 0.6) is 0 Å². The van der Waals surface area contributed by atoms with E-state index in [1.807, 2.05) is 25.1 Å². The van der Waals surface area contributed by atoms with Gasteiger partial charge in [0.1, 0.15) is 6.04 Å². The van der Waals surface area contributed by atoms with Crippen molar-refractivity contribution in [3.8, 4) is 0 Å². The number of hydrogen-bond acceptors (Lipinski definition) is 3. The third-order valence-corrected chi connectivity index (χ3v) is 6.24. The number of fused-ring (bicyclic) bond motifs is 1. The van der Waals surface area contributed by atoms with Gasteiger partial charge in [-0.05, 0) is 37.8 Å². The average Bonchev–Trinajstić information content (AvgIpc) is 2.98. The smallest absolute Gasteiger partial charge is 0.248 e. The molecule has 1 N–H and O–H groups in total. The number of para-hydroxylation sites is 1. The highest BCUT2D eigenvalue weighted by Gasteiger charge is 2.52. The highest BCUT2D eigenvalue weighted by Crippen LogP contribution is 2.47. The molecule has 118 valence electrons. The van der Waals surface area contributed by atoms with Gasteiger partial charge in [-0.25, -0.2) is 0 Å². The highest BCUT2D eigenvalue weighted by molar-refractivity contribution is 8.01. The molecule has 0 saturated carbocycles. The molecule has 2 heterocycles. The Labute approximate surface area is 135 Å². The summed E-state index contributed by atoms with van der Waals surface area (Å²) in [6.07, 6.45) is 2.26. The molecule has 4 nitrogen and oxygen atoms in total. The van der Waals surface area contributed by atoms with Crippen LogP contribution in [0.4, 0.5) is 5.69 Å². The molecule has 1 aromatic rings. The number of hydrogen-bond donors (Lipinski definition) is 1. The van der Waals surface area contributed by atoms with Crippen LogP contribution in [0.25, 0.3) is 0 Å². The maximum Gasteiger partial charge on any atom is 0.248 e. The minimum atomic E-state index is -0.352. The van der Waals surface area contributed by atoms with Gasteiger partial charge >= 0.3 is 0 Å². The third kappa shape index (κ3) is 2.41. The van der Waals surface area contributed by atoms with Gasteiger partial charge in [-0.2, -0.15) is 0 Å². The number of nitrogens with one attached hydrogen (secondary N) is 1. The van der Waals surface area contributed by atoms with Crippen molar-refractivity contribution in [2.45, 2.75) is 50.9 Å². The lowest BCUT2D eigenvalue weighted by Crippen LogP contribution is -2.48. The molecule has 2 atom stereocenters. The first-order valence-electron chi connectivity index (χ1n) is 7.82. The van der Waals surface area contributed by atoms with Crippen LogP contribution < -0.4 is 5.32 Å². The van der Waals surface area contributed by atoms with Gasteiger partial charge in [-0.1, -0.05) is 25.1 Å². The summed E-state index contributed by atoms with van der Waals surface area (Å²) >= 11 is 1.72. The van der Waals surface area contributed by atoms with Crippen LogP contribution in [0, 0.1) is 6.92 Å². The Hall–Kier alpha value is -1.49. The molecule has 2 amide bonds. The molecule has 2 fully saturated rings. The zero-order chi connectivity index (χ0) is 15.9. The van der Waals surface area contributed by atoms with Crippen LogP contribution in [0.2, 0.25) is 0 Å². The maximum absolute atomic E-state index is 12.7. The molecule has 0 aromatic heterocycles. The molecule has 0 spiro atoms. The molecule has 3 rings (SSSR count). The average molecular weight is 318 g/mol. The molecular weight excluding hydrogens is 296 g/mol. The predicted octanol–water partition coefficient (Wildman–Crippen LogP) is 2.95. The number of nitrogens with zero attached hydrogens (tertiary/aromatic N) is 1. The Morgan fingerprint density at radius 1 is 1.50 bits per heavy atom. The van der Waals surface area contributed by atoms with Gasteiger partial charge < -0.3 is 10.2 Å². The number of carbonyl (C=O) groups is 2. The molecule has 0 radical (unpaired) electrons. The van der Waals surface area contributed by atoms with Gasteiger partial charge in [-0.15, -0.1) is 11.8 Å². The van der Waals surface area contributed by atoms with E-state index in [0.717, 1.165) is 29.7 Å². The first-order chi connectivity index (χ1) is 10.5. The van der Waals surface area contributed by atoms with Gasteiger partial charge in [0, 0.05) is 17.9 Å². The highest BCUT2D eigenvalue weighted by atomic mass is 32.2. The lowest BCUT2D eigenvalue weighted by molar-refractivity contribution is -0.135. The van der Waals surface area contributed by atoms with Crippen molar-refractivity contribution in [2.75, 3.05) is 11.1 Å². The molecule has 2 unspecified atom stereocenters. The summed E-state index contributed by atoms with van der Waals surface area (Å²) in [7, 11) is 0. The van der Waals surface area contributed by atoms with Crippen molar-refractivity contribution in [3.05, 3.63) is 29.3 Å². The number of rotatable bonds is 3. The van der Waals surface area contributed by atoms with Gasteiger partial charge in [0.25, 0.3) is 0 Å². The first-order valence-corrected chi connectivity index (χ1v) is 8.80. The van der Waals surface area contributed by atoms with E-state index in [4.69, 9.17) is 0 Å². The lowest BCUT2D eigenvalue weighted by Gasteiger charge is -2.30. The zero-order valence-corrected chi connectivity index (χ0v) is 14.1. The SMILES string of the molecule is CCc1cccc(C)c1NC(=O)C1CSC2(C)CCC(=O)N12. The van der Waals surface area contributed by atoms with Crippen molar-refractivity contribution in [2.24, 2.45) is 0 Å². The van der Waals surface area contributed by atoms with Gasteiger partial charge in [0.15, 0.2) is 0 Å². The molecule has 2 aliphatic rings. The van der Waals surface area contributed by atoms with Crippen molar-refractivity contribution in [1.82, 2.24) is 4.90 Å². The second kappa shape index (κ2) is 5.61. The fourth-order valence-corrected chi connectivity index (χ4v) is 4.86. The fourth-order valence-electron chi connectivity index (χ4n) is 3.42. The van der Waals surface area contributed by atoms with Crippen molar-refractivity contribution >= 4 is 29.3 Å². The predicted molar refractivity (Wildman–Crippen MR) is 89.9 cm³/mol. The Kier molecular flexibility index (Phi) is 3.93. The van der Waals surface area contributed by atoms with E-state index in [2.05, 4.69) is 19.2 Å². The number of anilines is 1. The van der Waals surface area contributed by atoms with E-state index in [1.165, 1.54) is 0 Å². The number of carbonyl (C=O) groups excluding carboxylic acids is 2. The van der Waals surface area contributed by atoms with Gasteiger partial charge in [-0.3, -0.25) is 9.59 Å². The fraction of sp³-hybridized carbons (Fsp3) is 0.529. The van der Waals surface area contributed by atoms with Crippen molar-refractivity contribution in [3.63, 3.8) is 0 Å². The second-order valence-electron chi connectivity index (χ2n) is 6.22. The zero-order valence-electron chi connectivity index (χ0n) is 13.3. The summed E-state index contributed by atoms with van der Waals surface area (Å²) in [5.41, 5.74) is 3.10. The monoisotopic (exact) mass is 318 g/mol. The number of thioether (sulfide) groups is 1. The van der Waals surface area contributed by atoms with E-state index in [0.29, 0.717) is 12.2 Å². The normalized spacial score (nSPS) is 27.1. The van der Waals surface area contributed by atoms with Crippen LogP contribution >= 0.6 is 11.8 Å². The molecule has 22 heavy (non-hydrogen) atoms. The van der Waals surface area contributed by atoms with Crippen molar-refractivity contribution in [1.29, 1.82) is 0 Å². The summed E-state index contributed by atoms with van der Waals surface area (Å²) in [6.45, 7) is 6.15. The summed E-state index contributed by atoms with van der Waals surface area (Å²) in [4.78, 5) is 26.5. The standard InChI is InChI=1S/C17H22N2O2S/c1-4-12-7-5-6-11(2)15(12)18-16(21)13-10-22-17(3)9-8-14(20)19(13)17/h5-7,13H,4,8-10H2,1-3H3,(H,18,21). The van der Waals surface area contributed by atoms with Crippen LogP contribution in [0.3, 0.4) is 0 Å². The Morgan fingerprint density at radius 2 is 2.27 bits per heavy atom. The van der Waals surface area contributed by atoms with E-state index >= 15 is 0 Å². The minimum Gasteiger partial charge on any atom is -0.324 e. The first kappa shape index (κ1) is 15.4. The minimum absolute atomic E-state index is 0.0597. The topological polar surface area (TPSA) is 49.4 Å². The number of aryl methyl sites for hydroxylation is 2. The molecular formula is C17H22N2O2S. The molecule has 0 bridgehead atoms. The number of benzene rings is 1. The molecule has 2 aliphatic heterocycles. The third-order valence-electron chi connectivity index (χ3n) is 4.74. The second-order valence-corrected chi connectivity index (χ2v) is 7.72. The molecule has 1 aromatic carbocycles. The van der Waals surface area contributed by atoms with E-state index in [1.54, 1.807) is 16.7 Å². The molecule has 0 aliphatic carbocycles. The number of amides is 2. The summed E-state index contributed by atoms with van der Waals surface area (Å²) < 4.78 is 0. The van der Waals surface area contributed by atoms with E-state index in [-0.39, 0.29) is 22.7 Å². The summed E-state index contributed by atoms with van der Waals surface area (Å²) in [5, 5.41) is 3.08. The molecule has 2 saturated heterocycles.